The lowest BCUT2D eigenvalue weighted by atomic mass is 10.0. The molecular weight excluding hydrogens is 330 g/mol. The van der Waals surface area contributed by atoms with Crippen LogP contribution in [0, 0.1) is 0 Å². The minimum absolute atomic E-state index is 0.0619. The summed E-state index contributed by atoms with van der Waals surface area (Å²) in [7, 11) is 0. The van der Waals surface area contributed by atoms with Crippen molar-refractivity contribution in [1.29, 1.82) is 0 Å². The molecule has 1 amide bonds. The van der Waals surface area contributed by atoms with Crippen LogP contribution in [0.25, 0.3) is 10.8 Å². The van der Waals surface area contributed by atoms with Gasteiger partial charge in [-0.2, -0.15) is 0 Å². The number of benzene rings is 2. The molecule has 0 saturated carbocycles. The maximum atomic E-state index is 12.0. The Morgan fingerprint density at radius 2 is 1.90 bits per heavy atom. The Morgan fingerprint density at radius 3 is 2.76 bits per heavy atom. The van der Waals surface area contributed by atoms with Crippen molar-refractivity contribution in [2.24, 2.45) is 0 Å². The number of hydrogen-bond acceptors (Lipinski definition) is 2. The van der Waals surface area contributed by atoms with Gasteiger partial charge in [0.15, 0.2) is 0 Å². The van der Waals surface area contributed by atoms with E-state index in [1.165, 1.54) is 5.39 Å². The molecule has 1 N–H and O–H groups in total. The average Bonchev–Trinajstić information content (AvgIpc) is 2.51. The number of alkyl halides is 1. The molecule has 0 saturated heterocycles. The maximum absolute atomic E-state index is 12.0. The normalized spacial score (nSPS) is 10.7. The van der Waals surface area contributed by atoms with Crippen molar-refractivity contribution in [3.05, 3.63) is 48.0 Å². The van der Waals surface area contributed by atoms with Gasteiger partial charge in [0.25, 0.3) is 0 Å². The molecule has 0 spiro atoms. The van der Waals surface area contributed by atoms with E-state index in [1.54, 1.807) is 0 Å². The Morgan fingerprint density at radius 1 is 1.10 bits per heavy atom. The van der Waals surface area contributed by atoms with Crippen molar-refractivity contribution in [3.63, 3.8) is 0 Å². The first-order valence-corrected chi connectivity index (χ1v) is 8.30. The summed E-state index contributed by atoms with van der Waals surface area (Å²) in [5.41, 5.74) is 1.07. The Labute approximate surface area is 133 Å². The average molecular weight is 350 g/mol. The number of hydrogen-bond donors (Lipinski definition) is 1. The highest BCUT2D eigenvalue weighted by atomic mass is 79.9. The van der Waals surface area contributed by atoms with Gasteiger partial charge in [0.1, 0.15) is 0 Å². The zero-order valence-electron chi connectivity index (χ0n) is 12.0. The topological polar surface area (TPSA) is 38.3 Å². The number of nitrogens with one attached hydrogen (secondary N) is 1. The molecule has 0 aliphatic heterocycles. The first kappa shape index (κ1) is 16.0. The molecule has 0 atom stereocenters. The molecule has 0 bridgehead atoms. The van der Waals surface area contributed by atoms with E-state index in [1.807, 2.05) is 24.3 Å². The Balaban J connectivity index is 1.82. The molecule has 0 aliphatic carbocycles. The van der Waals surface area contributed by atoms with Gasteiger partial charge < -0.3 is 10.1 Å². The summed E-state index contributed by atoms with van der Waals surface area (Å²) in [5, 5.41) is 6.11. The van der Waals surface area contributed by atoms with E-state index in [2.05, 4.69) is 39.4 Å². The summed E-state index contributed by atoms with van der Waals surface area (Å²) in [4.78, 5) is 12.0. The number of halogens is 1. The molecule has 0 aliphatic rings. The van der Waals surface area contributed by atoms with E-state index in [0.717, 1.165) is 22.7 Å². The van der Waals surface area contributed by atoms with Crippen LogP contribution in [0.4, 0.5) is 0 Å². The van der Waals surface area contributed by atoms with Crippen molar-refractivity contribution in [2.75, 3.05) is 25.1 Å². The first-order chi connectivity index (χ1) is 10.3. The molecule has 2 rings (SSSR count). The van der Waals surface area contributed by atoms with Crippen LogP contribution in [0.15, 0.2) is 42.5 Å². The third kappa shape index (κ3) is 5.14. The van der Waals surface area contributed by atoms with Crippen molar-refractivity contribution < 1.29 is 9.53 Å². The molecule has 112 valence electrons. The van der Waals surface area contributed by atoms with Crippen molar-refractivity contribution in [3.8, 4) is 0 Å². The second kappa shape index (κ2) is 8.80. The number of amides is 1. The van der Waals surface area contributed by atoms with E-state index in [0.29, 0.717) is 26.2 Å². The van der Waals surface area contributed by atoms with Gasteiger partial charge in [0, 0.05) is 18.5 Å². The molecule has 2 aromatic carbocycles. The van der Waals surface area contributed by atoms with Crippen molar-refractivity contribution in [2.45, 2.75) is 12.8 Å². The van der Waals surface area contributed by atoms with E-state index >= 15 is 0 Å². The summed E-state index contributed by atoms with van der Waals surface area (Å²) in [5.74, 6) is 0.0619. The van der Waals surface area contributed by atoms with Gasteiger partial charge in [0.05, 0.1) is 13.0 Å². The standard InChI is InChI=1S/C17H20BrNO2/c18-9-12-21-11-4-10-19-17(20)13-15-7-3-6-14-5-1-2-8-16(14)15/h1-3,5-8H,4,9-13H2,(H,19,20). The van der Waals surface area contributed by atoms with Crippen LogP contribution < -0.4 is 5.32 Å². The number of rotatable bonds is 8. The third-order valence-electron chi connectivity index (χ3n) is 3.24. The van der Waals surface area contributed by atoms with E-state index in [9.17, 15) is 4.79 Å². The minimum Gasteiger partial charge on any atom is -0.381 e. The fourth-order valence-electron chi connectivity index (χ4n) is 2.24. The number of ether oxygens (including phenoxy) is 1. The largest absolute Gasteiger partial charge is 0.381 e. The highest BCUT2D eigenvalue weighted by Crippen LogP contribution is 2.18. The molecule has 4 heteroatoms. The summed E-state index contributed by atoms with van der Waals surface area (Å²) in [6, 6.07) is 14.2. The molecule has 3 nitrogen and oxygen atoms in total. The van der Waals surface area contributed by atoms with E-state index < -0.39 is 0 Å². The SMILES string of the molecule is O=C(Cc1cccc2ccccc12)NCCCOCCBr. The molecule has 0 aromatic heterocycles. The van der Waals surface area contributed by atoms with Crippen LogP contribution in [0.2, 0.25) is 0 Å². The molecule has 0 fully saturated rings. The number of fused-ring (bicyclic) bond motifs is 1. The lowest BCUT2D eigenvalue weighted by Gasteiger charge is -2.08. The molecular formula is C17H20BrNO2. The smallest absolute Gasteiger partial charge is 0.224 e. The predicted octanol–water partition coefficient (Wildman–Crippen LogP) is 3.30. The van der Waals surface area contributed by atoms with Crippen LogP contribution in [0.3, 0.4) is 0 Å². The molecule has 21 heavy (non-hydrogen) atoms. The molecule has 0 unspecified atom stereocenters. The highest BCUT2D eigenvalue weighted by Gasteiger charge is 2.06. The predicted molar refractivity (Wildman–Crippen MR) is 89.9 cm³/mol. The monoisotopic (exact) mass is 349 g/mol. The van der Waals surface area contributed by atoms with Gasteiger partial charge >= 0.3 is 0 Å². The van der Waals surface area contributed by atoms with Crippen LogP contribution in [-0.2, 0) is 16.0 Å². The second-order valence-corrected chi connectivity index (χ2v) is 5.61. The fraction of sp³-hybridized carbons (Fsp3) is 0.353. The van der Waals surface area contributed by atoms with Gasteiger partial charge in [-0.1, -0.05) is 58.4 Å². The quantitative estimate of drug-likeness (QED) is 0.586. The van der Waals surface area contributed by atoms with Crippen LogP contribution >= 0.6 is 15.9 Å². The Kier molecular flexibility index (Phi) is 6.70. The Bertz CT molecular complexity index is 581. The summed E-state index contributed by atoms with van der Waals surface area (Å²) in [6.07, 6.45) is 1.26. The zero-order valence-corrected chi connectivity index (χ0v) is 13.6. The van der Waals surface area contributed by atoms with Crippen LogP contribution in [0.5, 0.6) is 0 Å². The van der Waals surface area contributed by atoms with Crippen LogP contribution in [0.1, 0.15) is 12.0 Å². The molecule has 2 aromatic rings. The number of carbonyl (C=O) groups excluding carboxylic acids is 1. The van der Waals surface area contributed by atoms with Gasteiger partial charge in [-0.25, -0.2) is 0 Å². The van der Waals surface area contributed by atoms with E-state index in [4.69, 9.17) is 4.74 Å². The Hall–Kier alpha value is -1.39. The van der Waals surface area contributed by atoms with Gasteiger partial charge in [0.2, 0.25) is 5.91 Å². The first-order valence-electron chi connectivity index (χ1n) is 7.18. The number of carbonyl (C=O) groups is 1. The molecule has 0 heterocycles. The van der Waals surface area contributed by atoms with E-state index in [-0.39, 0.29) is 5.91 Å². The minimum atomic E-state index is 0.0619. The van der Waals surface area contributed by atoms with Crippen molar-refractivity contribution in [1.82, 2.24) is 5.32 Å². The lowest BCUT2D eigenvalue weighted by molar-refractivity contribution is -0.120. The van der Waals surface area contributed by atoms with Gasteiger partial charge in [-0.05, 0) is 22.8 Å². The van der Waals surface area contributed by atoms with Crippen LogP contribution in [-0.4, -0.2) is 31.0 Å². The zero-order chi connectivity index (χ0) is 14.9. The fourth-order valence-corrected chi connectivity index (χ4v) is 2.47. The van der Waals surface area contributed by atoms with Crippen molar-refractivity contribution >= 4 is 32.6 Å². The lowest BCUT2D eigenvalue weighted by Crippen LogP contribution is -2.27. The summed E-state index contributed by atoms with van der Waals surface area (Å²) >= 11 is 3.30. The maximum Gasteiger partial charge on any atom is 0.224 e. The molecule has 0 radical (unpaired) electrons. The highest BCUT2D eigenvalue weighted by molar-refractivity contribution is 9.09. The summed E-state index contributed by atoms with van der Waals surface area (Å²) < 4.78 is 5.34. The summed E-state index contributed by atoms with van der Waals surface area (Å²) in [6.45, 7) is 2.05. The second-order valence-electron chi connectivity index (χ2n) is 4.82. The van der Waals surface area contributed by atoms with Gasteiger partial charge in [-0.15, -0.1) is 0 Å². The van der Waals surface area contributed by atoms with Gasteiger partial charge in [-0.3, -0.25) is 4.79 Å². The third-order valence-corrected chi connectivity index (χ3v) is 3.56.